The number of rotatable bonds is 2. The number of hydrogen-bond donors (Lipinski definition) is 0. The van der Waals surface area contributed by atoms with Crippen LogP contribution in [-0.4, -0.2) is 8.42 Å². The Balaban J connectivity index is 3.33. The zero-order chi connectivity index (χ0) is 11.8. The van der Waals surface area contributed by atoms with Crippen molar-refractivity contribution >= 4 is 10.2 Å². The Morgan fingerprint density at radius 2 is 1.73 bits per heavy atom. The smallest absolute Gasteiger partial charge is 0.207 e. The quantitative estimate of drug-likeness (QED) is 0.742. The first-order chi connectivity index (χ1) is 6.73. The van der Waals surface area contributed by atoms with Crippen LogP contribution in [0.1, 0.15) is 23.3 Å². The van der Waals surface area contributed by atoms with E-state index in [1.54, 1.807) is 0 Å². The van der Waals surface area contributed by atoms with E-state index < -0.39 is 32.7 Å². The van der Waals surface area contributed by atoms with Gasteiger partial charge < -0.3 is 0 Å². The average molecular weight is 238 g/mol. The molecule has 0 saturated heterocycles. The topological polar surface area (TPSA) is 34.1 Å². The lowest BCUT2D eigenvalue weighted by atomic mass is 10.1. The molecule has 84 valence electrons. The highest BCUT2D eigenvalue weighted by Crippen LogP contribution is 2.27. The lowest BCUT2D eigenvalue weighted by Crippen LogP contribution is -2.07. The SMILES string of the molecule is Cc1cc(F)c(C(C)S(=O)(=O)F)cc1F. The van der Waals surface area contributed by atoms with Gasteiger partial charge in [0, 0.05) is 5.56 Å². The third-order valence-electron chi connectivity index (χ3n) is 2.14. The summed E-state index contributed by atoms with van der Waals surface area (Å²) in [5.74, 6) is -1.69. The normalized spacial score (nSPS) is 13.9. The lowest BCUT2D eigenvalue weighted by Gasteiger charge is -2.09. The number of hydrogen-bond acceptors (Lipinski definition) is 2. The van der Waals surface area contributed by atoms with E-state index >= 15 is 0 Å². The maximum atomic E-state index is 13.2. The van der Waals surface area contributed by atoms with Crippen LogP contribution in [0.25, 0.3) is 0 Å². The highest BCUT2D eigenvalue weighted by atomic mass is 32.3. The van der Waals surface area contributed by atoms with Crippen LogP contribution in [0.15, 0.2) is 12.1 Å². The van der Waals surface area contributed by atoms with Crippen LogP contribution >= 0.6 is 0 Å². The molecule has 1 aromatic carbocycles. The molecule has 0 aliphatic heterocycles. The second kappa shape index (κ2) is 3.84. The van der Waals surface area contributed by atoms with Gasteiger partial charge in [-0.1, -0.05) is 0 Å². The van der Waals surface area contributed by atoms with Gasteiger partial charge in [0.15, 0.2) is 0 Å². The first-order valence-electron chi connectivity index (χ1n) is 4.12. The van der Waals surface area contributed by atoms with Gasteiger partial charge in [0.1, 0.15) is 16.9 Å². The molecule has 0 N–H and O–H groups in total. The van der Waals surface area contributed by atoms with Gasteiger partial charge in [0.2, 0.25) is 0 Å². The van der Waals surface area contributed by atoms with Crippen LogP contribution in [0.2, 0.25) is 0 Å². The molecule has 15 heavy (non-hydrogen) atoms. The van der Waals surface area contributed by atoms with E-state index in [2.05, 4.69) is 0 Å². The largest absolute Gasteiger partial charge is 0.309 e. The van der Waals surface area contributed by atoms with Crippen molar-refractivity contribution in [3.8, 4) is 0 Å². The standard InChI is InChI=1S/C9H9F3O2S/c1-5-3-9(11)7(4-8(5)10)6(2)15(12,13)14/h3-4,6H,1-2H3. The maximum Gasteiger partial charge on any atom is 0.309 e. The number of aryl methyl sites for hydroxylation is 1. The Bertz CT molecular complexity index is 482. The van der Waals surface area contributed by atoms with E-state index in [0.29, 0.717) is 6.07 Å². The molecule has 0 spiro atoms. The van der Waals surface area contributed by atoms with Crippen molar-refractivity contribution in [2.75, 3.05) is 0 Å². The lowest BCUT2D eigenvalue weighted by molar-refractivity contribution is 0.530. The molecule has 1 atom stereocenters. The van der Waals surface area contributed by atoms with Crippen molar-refractivity contribution in [1.29, 1.82) is 0 Å². The minimum Gasteiger partial charge on any atom is -0.207 e. The molecule has 0 heterocycles. The summed E-state index contributed by atoms with van der Waals surface area (Å²) in [6, 6.07) is 1.54. The van der Waals surface area contributed by atoms with Gasteiger partial charge in [-0.2, -0.15) is 8.42 Å². The van der Waals surface area contributed by atoms with Crippen molar-refractivity contribution in [3.05, 3.63) is 34.9 Å². The average Bonchev–Trinajstić information content (AvgIpc) is 2.08. The second-order valence-electron chi connectivity index (χ2n) is 3.24. The fourth-order valence-electron chi connectivity index (χ4n) is 1.12. The summed E-state index contributed by atoms with van der Waals surface area (Å²) in [7, 11) is -4.91. The molecule has 1 unspecified atom stereocenters. The monoisotopic (exact) mass is 238 g/mol. The molecule has 0 amide bonds. The van der Waals surface area contributed by atoms with Crippen LogP contribution in [-0.2, 0) is 10.2 Å². The fourth-order valence-corrected chi connectivity index (χ4v) is 1.61. The van der Waals surface area contributed by atoms with Crippen molar-refractivity contribution in [2.45, 2.75) is 19.1 Å². The molecular weight excluding hydrogens is 229 g/mol. The Hall–Kier alpha value is -1.04. The van der Waals surface area contributed by atoms with Gasteiger partial charge >= 0.3 is 10.2 Å². The molecule has 0 saturated carbocycles. The van der Waals surface area contributed by atoms with Crippen LogP contribution in [0, 0.1) is 18.6 Å². The van der Waals surface area contributed by atoms with E-state index in [9.17, 15) is 21.1 Å². The minimum absolute atomic E-state index is 0.0414. The summed E-state index contributed by atoms with van der Waals surface area (Å²) in [5.41, 5.74) is -0.458. The number of benzene rings is 1. The van der Waals surface area contributed by atoms with Crippen LogP contribution in [0.3, 0.4) is 0 Å². The third-order valence-corrected chi connectivity index (χ3v) is 3.24. The summed E-state index contributed by atoms with van der Waals surface area (Å²) >= 11 is 0. The van der Waals surface area contributed by atoms with Crippen LogP contribution in [0.5, 0.6) is 0 Å². The summed E-state index contributed by atoms with van der Waals surface area (Å²) in [6.45, 7) is 2.29. The zero-order valence-corrected chi connectivity index (χ0v) is 8.91. The molecular formula is C9H9F3O2S. The summed E-state index contributed by atoms with van der Waals surface area (Å²) in [4.78, 5) is 0. The molecule has 2 nitrogen and oxygen atoms in total. The van der Waals surface area contributed by atoms with Gasteiger partial charge in [-0.15, -0.1) is 3.89 Å². The van der Waals surface area contributed by atoms with Gasteiger partial charge in [-0.3, -0.25) is 0 Å². The highest BCUT2D eigenvalue weighted by Gasteiger charge is 2.25. The first-order valence-corrected chi connectivity index (χ1v) is 5.57. The van der Waals surface area contributed by atoms with Crippen molar-refractivity contribution in [2.24, 2.45) is 0 Å². The minimum atomic E-state index is -4.91. The second-order valence-corrected chi connectivity index (χ2v) is 4.90. The van der Waals surface area contributed by atoms with Gasteiger partial charge in [0.05, 0.1) is 0 Å². The molecule has 1 rings (SSSR count). The van der Waals surface area contributed by atoms with E-state index in [4.69, 9.17) is 0 Å². The van der Waals surface area contributed by atoms with Crippen LogP contribution in [0.4, 0.5) is 12.7 Å². The highest BCUT2D eigenvalue weighted by molar-refractivity contribution is 7.86. The predicted octanol–water partition coefficient (Wildman–Crippen LogP) is 2.63. The van der Waals surface area contributed by atoms with Crippen molar-refractivity contribution in [1.82, 2.24) is 0 Å². The molecule has 0 aliphatic rings. The summed E-state index contributed by atoms with van der Waals surface area (Å²) in [6.07, 6.45) is 0. The van der Waals surface area contributed by atoms with E-state index in [-0.39, 0.29) is 5.56 Å². The first kappa shape index (κ1) is 12.0. The molecule has 6 heteroatoms. The van der Waals surface area contributed by atoms with Gasteiger partial charge in [-0.05, 0) is 31.5 Å². The van der Waals surface area contributed by atoms with E-state index in [1.165, 1.54) is 6.92 Å². The molecule has 0 bridgehead atoms. The van der Waals surface area contributed by atoms with Crippen molar-refractivity contribution < 1.29 is 21.1 Å². The number of halogens is 3. The molecule has 0 fully saturated rings. The predicted molar refractivity (Wildman–Crippen MR) is 49.5 cm³/mol. The Morgan fingerprint density at radius 3 is 2.20 bits per heavy atom. The zero-order valence-electron chi connectivity index (χ0n) is 8.09. The Kier molecular flexibility index (Phi) is 3.08. The molecule has 0 radical (unpaired) electrons. The molecule has 0 aromatic heterocycles. The Labute approximate surface area is 85.9 Å². The fraction of sp³-hybridized carbons (Fsp3) is 0.333. The maximum absolute atomic E-state index is 13.2. The summed E-state index contributed by atoms with van der Waals surface area (Å²) in [5, 5.41) is -1.70. The Morgan fingerprint density at radius 1 is 1.20 bits per heavy atom. The third kappa shape index (κ3) is 2.50. The van der Waals surface area contributed by atoms with Crippen LogP contribution < -0.4 is 0 Å². The van der Waals surface area contributed by atoms with Gasteiger partial charge in [0.25, 0.3) is 0 Å². The van der Waals surface area contributed by atoms with Crippen molar-refractivity contribution in [3.63, 3.8) is 0 Å². The molecule has 0 aliphatic carbocycles. The van der Waals surface area contributed by atoms with E-state index in [0.717, 1.165) is 13.0 Å². The van der Waals surface area contributed by atoms with E-state index in [1.807, 2.05) is 0 Å². The summed E-state index contributed by atoms with van der Waals surface area (Å²) < 4.78 is 59.8. The van der Waals surface area contributed by atoms with Gasteiger partial charge in [-0.25, -0.2) is 8.78 Å². The molecule has 1 aromatic rings.